The first kappa shape index (κ1) is 18.9. The first-order valence-corrected chi connectivity index (χ1v) is 10.2. The van der Waals surface area contributed by atoms with Gasteiger partial charge < -0.3 is 5.32 Å². The Bertz CT molecular complexity index is 755. The Kier molecular flexibility index (Phi) is 5.57. The molecule has 0 saturated carbocycles. The smallest absolute Gasteiger partial charge is 0.233 e. The molecule has 2 heterocycles. The topological polar surface area (TPSA) is 69.7 Å². The minimum atomic E-state index is -0.233. The molecule has 0 bridgehead atoms. The van der Waals surface area contributed by atoms with E-state index in [1.54, 1.807) is 0 Å². The molecule has 3 aliphatic rings. The summed E-state index contributed by atoms with van der Waals surface area (Å²) in [7, 11) is 0. The van der Waals surface area contributed by atoms with Crippen molar-refractivity contribution in [2.45, 2.75) is 38.6 Å². The van der Waals surface area contributed by atoms with E-state index in [2.05, 4.69) is 10.2 Å². The normalized spacial score (nSPS) is 24.6. The molecule has 3 amide bonds. The fraction of sp³-hybridized carbons (Fsp3) is 0.500. The van der Waals surface area contributed by atoms with Crippen LogP contribution >= 0.6 is 0 Å². The Hall–Kier alpha value is -2.47. The van der Waals surface area contributed by atoms with E-state index >= 15 is 0 Å². The van der Waals surface area contributed by atoms with Crippen molar-refractivity contribution >= 4 is 23.4 Å². The van der Waals surface area contributed by atoms with Crippen LogP contribution in [0.2, 0.25) is 0 Å². The number of benzene rings is 1. The van der Waals surface area contributed by atoms with Crippen LogP contribution in [-0.4, -0.2) is 47.2 Å². The summed E-state index contributed by atoms with van der Waals surface area (Å²) in [6.45, 7) is 3.42. The van der Waals surface area contributed by atoms with Crippen LogP contribution in [0.3, 0.4) is 0 Å². The second-order valence-electron chi connectivity index (χ2n) is 7.96. The standard InChI is InChI=1S/C22H27N3O3/c26-20(11-14-25-21(27)18-5-1-2-6-19(18)22(25)28)23-17-9-7-16(8-10-17)15-24-12-3-4-13-24/h1-2,7-10,18-19H,3-6,11-15H2,(H,23,26)/t18-,19+. The summed E-state index contributed by atoms with van der Waals surface area (Å²) < 4.78 is 0. The quantitative estimate of drug-likeness (QED) is 0.607. The van der Waals surface area contributed by atoms with Crippen molar-refractivity contribution in [1.82, 2.24) is 9.80 Å². The third-order valence-electron chi connectivity index (χ3n) is 6.00. The van der Waals surface area contributed by atoms with Gasteiger partial charge >= 0.3 is 0 Å². The number of anilines is 1. The summed E-state index contributed by atoms with van der Waals surface area (Å²) in [5.74, 6) is -0.898. The van der Waals surface area contributed by atoms with Gasteiger partial charge in [-0.3, -0.25) is 24.2 Å². The maximum Gasteiger partial charge on any atom is 0.233 e. The third kappa shape index (κ3) is 4.02. The zero-order valence-electron chi connectivity index (χ0n) is 16.1. The summed E-state index contributed by atoms with van der Waals surface area (Å²) in [5, 5.41) is 2.86. The molecule has 1 aromatic carbocycles. The third-order valence-corrected chi connectivity index (χ3v) is 6.00. The number of likely N-dealkylation sites (tertiary alicyclic amines) is 2. The molecule has 1 N–H and O–H groups in total. The number of nitrogens with one attached hydrogen (secondary N) is 1. The zero-order chi connectivity index (χ0) is 19.5. The molecular formula is C22H27N3O3. The van der Waals surface area contributed by atoms with Gasteiger partial charge in [-0.05, 0) is 56.5 Å². The highest BCUT2D eigenvalue weighted by atomic mass is 16.2. The van der Waals surface area contributed by atoms with E-state index < -0.39 is 0 Å². The van der Waals surface area contributed by atoms with Gasteiger partial charge in [-0.1, -0.05) is 24.3 Å². The summed E-state index contributed by atoms with van der Waals surface area (Å²) in [6.07, 6.45) is 7.86. The Morgan fingerprint density at radius 1 is 0.964 bits per heavy atom. The fourth-order valence-electron chi connectivity index (χ4n) is 4.42. The van der Waals surface area contributed by atoms with Crippen LogP contribution in [0.1, 0.15) is 37.7 Å². The summed E-state index contributed by atoms with van der Waals surface area (Å²) in [6, 6.07) is 7.91. The van der Waals surface area contributed by atoms with Gasteiger partial charge in [0.05, 0.1) is 11.8 Å². The van der Waals surface area contributed by atoms with Crippen molar-refractivity contribution in [3.8, 4) is 0 Å². The molecule has 2 fully saturated rings. The Morgan fingerprint density at radius 3 is 2.18 bits per heavy atom. The highest BCUT2D eigenvalue weighted by molar-refractivity contribution is 6.05. The van der Waals surface area contributed by atoms with E-state index in [0.717, 1.165) is 25.3 Å². The molecule has 6 nitrogen and oxygen atoms in total. The number of hydrogen-bond acceptors (Lipinski definition) is 4. The lowest BCUT2D eigenvalue weighted by molar-refractivity contribution is -0.140. The predicted molar refractivity (Wildman–Crippen MR) is 106 cm³/mol. The maximum absolute atomic E-state index is 12.4. The largest absolute Gasteiger partial charge is 0.326 e. The fourth-order valence-corrected chi connectivity index (χ4v) is 4.42. The van der Waals surface area contributed by atoms with Gasteiger partial charge in [-0.15, -0.1) is 0 Å². The Balaban J connectivity index is 1.26. The average molecular weight is 381 g/mol. The van der Waals surface area contributed by atoms with Crippen molar-refractivity contribution in [3.63, 3.8) is 0 Å². The van der Waals surface area contributed by atoms with Crippen molar-refractivity contribution in [1.29, 1.82) is 0 Å². The molecule has 4 rings (SSSR count). The summed E-state index contributed by atoms with van der Waals surface area (Å²) in [4.78, 5) is 40.9. The highest BCUT2D eigenvalue weighted by Crippen LogP contribution is 2.35. The van der Waals surface area contributed by atoms with Crippen LogP contribution in [0.4, 0.5) is 5.69 Å². The lowest BCUT2D eigenvalue weighted by Crippen LogP contribution is -2.34. The van der Waals surface area contributed by atoms with E-state index in [-0.39, 0.29) is 42.5 Å². The monoisotopic (exact) mass is 381 g/mol. The molecule has 0 unspecified atom stereocenters. The van der Waals surface area contributed by atoms with Crippen molar-refractivity contribution < 1.29 is 14.4 Å². The molecule has 0 radical (unpaired) electrons. The van der Waals surface area contributed by atoms with Gasteiger partial charge in [0.1, 0.15) is 0 Å². The van der Waals surface area contributed by atoms with E-state index in [4.69, 9.17) is 0 Å². The summed E-state index contributed by atoms with van der Waals surface area (Å²) in [5.41, 5.74) is 1.98. The average Bonchev–Trinajstić information content (AvgIpc) is 3.30. The number of allylic oxidation sites excluding steroid dienone is 2. The molecule has 6 heteroatoms. The molecule has 1 aromatic rings. The van der Waals surface area contributed by atoms with Crippen LogP contribution in [0.5, 0.6) is 0 Å². The van der Waals surface area contributed by atoms with Crippen LogP contribution in [0.15, 0.2) is 36.4 Å². The van der Waals surface area contributed by atoms with E-state index in [0.29, 0.717) is 12.8 Å². The summed E-state index contributed by atoms with van der Waals surface area (Å²) >= 11 is 0. The van der Waals surface area contributed by atoms with Crippen molar-refractivity contribution in [2.24, 2.45) is 11.8 Å². The van der Waals surface area contributed by atoms with E-state index in [9.17, 15) is 14.4 Å². The van der Waals surface area contributed by atoms with E-state index in [1.807, 2.05) is 36.4 Å². The number of imide groups is 1. The molecule has 28 heavy (non-hydrogen) atoms. The van der Waals surface area contributed by atoms with Gasteiger partial charge in [-0.25, -0.2) is 0 Å². The lowest BCUT2D eigenvalue weighted by atomic mass is 9.85. The highest BCUT2D eigenvalue weighted by Gasteiger charge is 2.46. The number of nitrogens with zero attached hydrogens (tertiary/aromatic N) is 2. The number of carbonyl (C=O) groups is 3. The molecule has 0 aromatic heterocycles. The number of rotatable bonds is 6. The number of carbonyl (C=O) groups excluding carboxylic acids is 3. The van der Waals surface area contributed by atoms with Gasteiger partial charge in [0.25, 0.3) is 0 Å². The molecule has 1 aliphatic carbocycles. The molecule has 2 saturated heterocycles. The molecular weight excluding hydrogens is 354 g/mol. The minimum Gasteiger partial charge on any atom is -0.326 e. The molecule has 2 atom stereocenters. The van der Waals surface area contributed by atoms with E-state index in [1.165, 1.54) is 23.3 Å². The zero-order valence-corrected chi connectivity index (χ0v) is 16.1. The second-order valence-corrected chi connectivity index (χ2v) is 7.96. The minimum absolute atomic E-state index is 0.125. The first-order chi connectivity index (χ1) is 13.6. The van der Waals surface area contributed by atoms with Gasteiger partial charge in [0.15, 0.2) is 0 Å². The maximum atomic E-state index is 12.4. The SMILES string of the molecule is O=C(CCN1C(=O)[C@H]2CC=CC[C@H]2C1=O)Nc1ccc(CN2CCCC2)cc1. The molecule has 2 aliphatic heterocycles. The number of hydrogen-bond donors (Lipinski definition) is 1. The molecule has 148 valence electrons. The number of fused-ring (bicyclic) bond motifs is 1. The van der Waals surface area contributed by atoms with Crippen LogP contribution < -0.4 is 5.32 Å². The van der Waals surface area contributed by atoms with Crippen LogP contribution in [0, 0.1) is 11.8 Å². The van der Waals surface area contributed by atoms with Gasteiger partial charge in [-0.2, -0.15) is 0 Å². The van der Waals surface area contributed by atoms with Crippen molar-refractivity contribution in [3.05, 3.63) is 42.0 Å². The number of amides is 3. The van der Waals surface area contributed by atoms with Crippen molar-refractivity contribution in [2.75, 3.05) is 25.0 Å². The Labute approximate surface area is 165 Å². The van der Waals surface area contributed by atoms with Crippen LogP contribution in [0.25, 0.3) is 0 Å². The second kappa shape index (κ2) is 8.27. The molecule has 0 spiro atoms. The van der Waals surface area contributed by atoms with Crippen LogP contribution in [-0.2, 0) is 20.9 Å². The van der Waals surface area contributed by atoms with Gasteiger partial charge in [0, 0.05) is 25.2 Å². The predicted octanol–water partition coefficient (Wildman–Crippen LogP) is 2.56. The lowest BCUT2D eigenvalue weighted by Gasteiger charge is -2.15. The Morgan fingerprint density at radius 2 is 1.57 bits per heavy atom. The first-order valence-electron chi connectivity index (χ1n) is 10.2. The van der Waals surface area contributed by atoms with Gasteiger partial charge in [0.2, 0.25) is 17.7 Å².